The molecule has 0 unspecified atom stereocenters. The molecule has 19 aromatic rings. The lowest BCUT2D eigenvalue weighted by Crippen LogP contribution is -2.02. The molecule has 0 aliphatic heterocycles. The summed E-state index contributed by atoms with van der Waals surface area (Å²) >= 11 is 0. The fraction of sp³-hybridized carbons (Fsp3) is 0. The average Bonchev–Trinajstić information content (AvgIpc) is 1.48. The highest BCUT2D eigenvalue weighted by Gasteiger charge is 2.24. The molecule has 0 fully saturated rings. The number of aromatic nitrogens is 5. The van der Waals surface area contributed by atoms with Gasteiger partial charge in [0.25, 0.3) is 0 Å². The van der Waals surface area contributed by atoms with E-state index in [9.17, 15) is 0 Å². The topological polar surface area (TPSA) is 32.6 Å². The number of rotatable bonds is 9. The smallest absolute Gasteiger partial charge is 0.138 e. The SMILES string of the molecule is c1ccc(-c2cccc(-c3ccccc3)c2-c2cc(-n3c4ccccc4c4cc(-c5ccc6c(c5)c5ccccc5n6-c5ccccc5)ccc43)nc3ccc(-n4c5ccccc5c5cc(-c6ccc7c(c6)c6ccccc6n7-c6ccccc6)ccc54)cc23)cc1. The van der Waals surface area contributed by atoms with Crippen molar-refractivity contribution in [2.45, 2.75) is 0 Å². The molecule has 0 aliphatic rings. The first kappa shape index (κ1) is 51.7. The lowest BCUT2D eigenvalue weighted by molar-refractivity contribution is 1.10. The molecule has 0 aliphatic carbocycles. The van der Waals surface area contributed by atoms with Gasteiger partial charge in [-0.3, -0.25) is 4.57 Å². The van der Waals surface area contributed by atoms with E-state index in [1.807, 2.05) is 0 Å². The van der Waals surface area contributed by atoms with Crippen LogP contribution in [0.4, 0.5) is 0 Å². The van der Waals surface area contributed by atoms with Crippen LogP contribution in [0.5, 0.6) is 0 Å². The van der Waals surface area contributed by atoms with Gasteiger partial charge in [-0.15, -0.1) is 0 Å². The summed E-state index contributed by atoms with van der Waals surface area (Å²) < 4.78 is 9.60. The second-order valence-electron chi connectivity index (χ2n) is 24.2. The van der Waals surface area contributed by atoms with Crippen LogP contribution in [0.1, 0.15) is 0 Å². The van der Waals surface area contributed by atoms with Crippen LogP contribution < -0.4 is 0 Å². The van der Waals surface area contributed by atoms with Crippen LogP contribution in [0.15, 0.2) is 334 Å². The Morgan fingerprint density at radius 2 is 0.522 bits per heavy atom. The number of nitrogens with zero attached hydrogens (tertiary/aromatic N) is 5. The molecular formula is C87H55N5. The molecule has 5 heteroatoms. The van der Waals surface area contributed by atoms with Gasteiger partial charge in [0, 0.05) is 65.5 Å². The monoisotopic (exact) mass is 1170 g/mol. The van der Waals surface area contributed by atoms with Gasteiger partial charge in [-0.25, -0.2) is 4.98 Å². The molecule has 0 saturated carbocycles. The van der Waals surface area contributed by atoms with E-state index < -0.39 is 0 Å². The van der Waals surface area contributed by atoms with E-state index in [4.69, 9.17) is 4.98 Å². The molecule has 0 radical (unpaired) electrons. The third-order valence-electron chi connectivity index (χ3n) is 19.2. The Balaban J connectivity index is 0.807. The molecule has 14 aromatic carbocycles. The quantitative estimate of drug-likeness (QED) is 0.142. The van der Waals surface area contributed by atoms with E-state index in [0.29, 0.717) is 0 Å². The summed E-state index contributed by atoms with van der Waals surface area (Å²) in [6.07, 6.45) is 0. The average molecular weight is 1170 g/mol. The first-order chi connectivity index (χ1) is 45.6. The second-order valence-corrected chi connectivity index (χ2v) is 24.2. The van der Waals surface area contributed by atoms with Gasteiger partial charge in [-0.2, -0.15) is 0 Å². The van der Waals surface area contributed by atoms with Crippen molar-refractivity contribution in [1.29, 1.82) is 0 Å². The van der Waals surface area contributed by atoms with Gasteiger partial charge in [0.2, 0.25) is 0 Å². The molecule has 0 spiro atoms. The molecule has 5 heterocycles. The molecule has 0 bridgehead atoms. The summed E-state index contributed by atoms with van der Waals surface area (Å²) in [6, 6.07) is 122. The maximum Gasteiger partial charge on any atom is 0.138 e. The van der Waals surface area contributed by atoms with Crippen molar-refractivity contribution in [1.82, 2.24) is 23.3 Å². The molecule has 0 atom stereocenters. The molecule has 0 saturated heterocycles. The summed E-state index contributed by atoms with van der Waals surface area (Å²) in [4.78, 5) is 5.78. The van der Waals surface area contributed by atoms with Crippen LogP contribution in [0, 0.1) is 0 Å². The number of hydrogen-bond donors (Lipinski definition) is 0. The van der Waals surface area contributed by atoms with Crippen LogP contribution in [0.2, 0.25) is 0 Å². The predicted octanol–water partition coefficient (Wildman–Crippen LogP) is 23.0. The zero-order chi connectivity index (χ0) is 60.4. The summed E-state index contributed by atoms with van der Waals surface area (Å²) in [5.74, 6) is 0.850. The Morgan fingerprint density at radius 3 is 0.935 bits per heavy atom. The summed E-state index contributed by atoms with van der Waals surface area (Å²) in [7, 11) is 0. The predicted molar refractivity (Wildman–Crippen MR) is 386 cm³/mol. The van der Waals surface area contributed by atoms with Crippen molar-refractivity contribution in [3.8, 4) is 78.5 Å². The van der Waals surface area contributed by atoms with E-state index in [-0.39, 0.29) is 0 Å². The van der Waals surface area contributed by atoms with Gasteiger partial charge >= 0.3 is 0 Å². The molecule has 92 heavy (non-hydrogen) atoms. The van der Waals surface area contributed by atoms with Gasteiger partial charge in [0.1, 0.15) is 5.82 Å². The third-order valence-corrected chi connectivity index (χ3v) is 19.2. The maximum atomic E-state index is 5.78. The van der Waals surface area contributed by atoms with E-state index in [1.165, 1.54) is 81.8 Å². The van der Waals surface area contributed by atoms with Crippen LogP contribution >= 0.6 is 0 Å². The van der Waals surface area contributed by atoms with E-state index in [2.05, 4.69) is 352 Å². The highest BCUT2D eigenvalue weighted by molar-refractivity contribution is 6.16. The summed E-state index contributed by atoms with van der Waals surface area (Å²) in [6.45, 7) is 0. The zero-order valence-corrected chi connectivity index (χ0v) is 50.0. The van der Waals surface area contributed by atoms with Gasteiger partial charge in [0.05, 0.1) is 49.7 Å². The van der Waals surface area contributed by atoms with Crippen molar-refractivity contribution in [3.05, 3.63) is 334 Å². The molecule has 428 valence electrons. The minimum Gasteiger partial charge on any atom is -0.309 e. The molecular weight excluding hydrogens is 1110 g/mol. The number of hydrogen-bond acceptors (Lipinski definition) is 1. The van der Waals surface area contributed by atoms with Crippen LogP contribution in [-0.2, 0) is 0 Å². The van der Waals surface area contributed by atoms with Gasteiger partial charge in [0.15, 0.2) is 0 Å². The molecule has 5 aromatic heterocycles. The Bertz CT molecular complexity index is 6110. The third kappa shape index (κ3) is 8.02. The molecule has 5 nitrogen and oxygen atoms in total. The fourth-order valence-corrected chi connectivity index (χ4v) is 15.1. The molecule has 0 N–H and O–H groups in total. The first-order valence-corrected chi connectivity index (χ1v) is 31.6. The number of pyridine rings is 1. The Hall–Kier alpha value is -12.3. The minimum absolute atomic E-state index is 0.850. The number of benzene rings is 14. The fourth-order valence-electron chi connectivity index (χ4n) is 15.1. The largest absolute Gasteiger partial charge is 0.309 e. The lowest BCUT2D eigenvalue weighted by atomic mass is 9.86. The second kappa shape index (κ2) is 20.6. The zero-order valence-electron chi connectivity index (χ0n) is 50.0. The number of para-hydroxylation sites is 6. The van der Waals surface area contributed by atoms with Crippen molar-refractivity contribution in [2.24, 2.45) is 0 Å². The summed E-state index contributed by atoms with van der Waals surface area (Å²) in [5, 5.41) is 10.7. The van der Waals surface area contributed by atoms with Gasteiger partial charge in [-0.05, 0) is 177 Å². The molecule has 0 amide bonds. The van der Waals surface area contributed by atoms with E-state index in [0.717, 1.165) is 94.8 Å². The van der Waals surface area contributed by atoms with Crippen LogP contribution in [-0.4, -0.2) is 23.3 Å². The van der Waals surface area contributed by atoms with Crippen LogP contribution in [0.3, 0.4) is 0 Å². The van der Waals surface area contributed by atoms with Crippen molar-refractivity contribution in [3.63, 3.8) is 0 Å². The standard InChI is InChI=1S/C87H55N5/c1-5-22-56(23-6-1)65-34-21-35-66(57-24-7-2-8-25-57)87(65)76-55-86(92-81-39-20-16-33-70(81)75-53-61(43-49-85(75)92)59-41-47-83-73(51-59)68-31-14-18-37-79(68)90(83)63-28-11-4-12-29-63)88-77-45-44-64(54-71(76)77)91-80-38-19-15-32-69(80)74-52-60(42-48-84(74)91)58-40-46-82-72(50-58)67-30-13-17-36-78(67)89(82)62-26-9-3-10-27-62/h1-55H. The van der Waals surface area contributed by atoms with Crippen molar-refractivity contribution in [2.75, 3.05) is 0 Å². The van der Waals surface area contributed by atoms with Gasteiger partial charge in [-0.1, -0.05) is 212 Å². The van der Waals surface area contributed by atoms with Crippen molar-refractivity contribution >= 4 is 98.1 Å². The summed E-state index contributed by atoms with van der Waals surface area (Å²) in [5.41, 5.74) is 25.1. The van der Waals surface area contributed by atoms with E-state index >= 15 is 0 Å². The highest BCUT2D eigenvalue weighted by atomic mass is 15.1. The maximum absolute atomic E-state index is 5.78. The van der Waals surface area contributed by atoms with Crippen molar-refractivity contribution < 1.29 is 0 Å². The lowest BCUT2D eigenvalue weighted by Gasteiger charge is -2.20. The first-order valence-electron chi connectivity index (χ1n) is 31.6. The normalized spacial score (nSPS) is 11.9. The Morgan fingerprint density at radius 1 is 0.185 bits per heavy atom. The Kier molecular flexibility index (Phi) is 11.6. The minimum atomic E-state index is 0.850. The van der Waals surface area contributed by atoms with E-state index in [1.54, 1.807) is 0 Å². The van der Waals surface area contributed by atoms with Gasteiger partial charge < -0.3 is 13.7 Å². The molecule has 19 rings (SSSR count). The van der Waals surface area contributed by atoms with Crippen LogP contribution in [0.25, 0.3) is 177 Å². The number of fused-ring (bicyclic) bond motifs is 13. The Labute approximate surface area is 530 Å². The highest BCUT2D eigenvalue weighted by Crippen LogP contribution is 2.47.